The molecule has 2 nitrogen and oxygen atoms in total. The average molecular weight is 94.1 g/mol. The molecule has 1 N–H and O–H groups in total. The smallest absolute Gasteiger partial charge is 0.134 e. The van der Waals surface area contributed by atoms with Crippen LogP contribution in [0.15, 0.2) is 11.8 Å². The van der Waals surface area contributed by atoms with Crippen molar-refractivity contribution in [3.8, 4) is 6.07 Å². The molecule has 1 unspecified atom stereocenters. The molecule has 1 heterocycles. The molecule has 0 aliphatic carbocycles. The Hall–Kier alpha value is -0.970. The number of hydrogen-bond donors (Lipinski definition) is 1. The Morgan fingerprint density at radius 2 is 2.57 bits per heavy atom. The molecule has 1 rings (SSSR count). The van der Waals surface area contributed by atoms with Gasteiger partial charge in [-0.15, -0.1) is 0 Å². The Balaban J connectivity index is 2.50. The summed E-state index contributed by atoms with van der Waals surface area (Å²) in [7, 11) is 0. The van der Waals surface area contributed by atoms with Crippen molar-refractivity contribution in [2.24, 2.45) is 0 Å². The SMILES string of the molecule is CC1=CC(C#N)N1. The third-order valence-corrected chi connectivity index (χ3v) is 0.939. The number of nitrogens with zero attached hydrogens (tertiary/aromatic N) is 1. The fourth-order valence-electron chi connectivity index (χ4n) is 0.558. The minimum Gasteiger partial charge on any atom is -0.370 e. The van der Waals surface area contributed by atoms with Crippen LogP contribution in [0.5, 0.6) is 0 Å². The molecule has 0 bridgehead atoms. The van der Waals surface area contributed by atoms with Crippen molar-refractivity contribution in [2.75, 3.05) is 0 Å². The predicted molar refractivity (Wildman–Crippen MR) is 26.3 cm³/mol. The van der Waals surface area contributed by atoms with Gasteiger partial charge in [-0.2, -0.15) is 5.26 Å². The van der Waals surface area contributed by atoms with Gasteiger partial charge in [0.15, 0.2) is 0 Å². The third kappa shape index (κ3) is 0.566. The van der Waals surface area contributed by atoms with Gasteiger partial charge in [-0.25, -0.2) is 0 Å². The van der Waals surface area contributed by atoms with E-state index in [1.807, 2.05) is 19.1 Å². The first-order valence-electron chi connectivity index (χ1n) is 2.17. The van der Waals surface area contributed by atoms with Gasteiger partial charge in [0.1, 0.15) is 6.04 Å². The van der Waals surface area contributed by atoms with Gasteiger partial charge in [0, 0.05) is 5.70 Å². The van der Waals surface area contributed by atoms with Crippen molar-refractivity contribution >= 4 is 0 Å². The van der Waals surface area contributed by atoms with Crippen LogP contribution in [0.2, 0.25) is 0 Å². The summed E-state index contributed by atoms with van der Waals surface area (Å²) in [5.41, 5.74) is 1.10. The molecular weight excluding hydrogens is 88.1 g/mol. The minimum absolute atomic E-state index is 0.0139. The zero-order chi connectivity index (χ0) is 5.28. The third-order valence-electron chi connectivity index (χ3n) is 0.939. The molecule has 2 heteroatoms. The molecule has 0 aromatic rings. The highest BCUT2D eigenvalue weighted by Crippen LogP contribution is 2.03. The van der Waals surface area contributed by atoms with E-state index >= 15 is 0 Å². The highest BCUT2D eigenvalue weighted by Gasteiger charge is 2.10. The summed E-state index contributed by atoms with van der Waals surface area (Å²) in [5.74, 6) is 0. The molecule has 0 aromatic carbocycles. The first-order valence-corrected chi connectivity index (χ1v) is 2.17. The fraction of sp³-hybridized carbons (Fsp3) is 0.400. The van der Waals surface area contributed by atoms with Crippen LogP contribution < -0.4 is 5.32 Å². The van der Waals surface area contributed by atoms with E-state index in [0.717, 1.165) is 5.70 Å². The number of allylic oxidation sites excluding steroid dienone is 1. The Kier molecular flexibility index (Phi) is 0.759. The van der Waals surface area contributed by atoms with Gasteiger partial charge in [0.25, 0.3) is 0 Å². The lowest BCUT2D eigenvalue weighted by atomic mass is 10.1. The largest absolute Gasteiger partial charge is 0.370 e. The highest BCUT2D eigenvalue weighted by atomic mass is 15.0. The normalized spacial score (nSPS) is 26.3. The van der Waals surface area contributed by atoms with E-state index in [0.29, 0.717) is 0 Å². The maximum Gasteiger partial charge on any atom is 0.134 e. The maximum atomic E-state index is 8.15. The van der Waals surface area contributed by atoms with Crippen LogP contribution in [-0.2, 0) is 0 Å². The molecule has 0 radical (unpaired) electrons. The molecule has 0 aromatic heterocycles. The lowest BCUT2D eigenvalue weighted by Gasteiger charge is -2.18. The van der Waals surface area contributed by atoms with Crippen LogP contribution in [0.1, 0.15) is 6.92 Å². The van der Waals surface area contributed by atoms with E-state index in [4.69, 9.17) is 5.26 Å². The van der Waals surface area contributed by atoms with Gasteiger partial charge in [-0.1, -0.05) is 0 Å². The zero-order valence-corrected chi connectivity index (χ0v) is 4.10. The Bertz CT molecular complexity index is 141. The molecule has 0 amide bonds. The summed E-state index contributed by atoms with van der Waals surface area (Å²) >= 11 is 0. The van der Waals surface area contributed by atoms with Crippen LogP contribution in [0, 0.1) is 11.3 Å². The second-order valence-electron chi connectivity index (χ2n) is 1.60. The molecule has 0 fully saturated rings. The van der Waals surface area contributed by atoms with Crippen LogP contribution in [0.3, 0.4) is 0 Å². The summed E-state index contributed by atoms with van der Waals surface area (Å²) in [4.78, 5) is 0. The minimum atomic E-state index is -0.0139. The molecule has 0 spiro atoms. The van der Waals surface area contributed by atoms with E-state index in [9.17, 15) is 0 Å². The van der Waals surface area contributed by atoms with Gasteiger partial charge in [-0.05, 0) is 13.0 Å². The molecule has 36 valence electrons. The van der Waals surface area contributed by atoms with Gasteiger partial charge in [0.05, 0.1) is 6.07 Å². The van der Waals surface area contributed by atoms with Crippen LogP contribution in [0.4, 0.5) is 0 Å². The Morgan fingerprint density at radius 1 is 2.00 bits per heavy atom. The molecule has 0 saturated heterocycles. The second kappa shape index (κ2) is 1.27. The monoisotopic (exact) mass is 94.1 g/mol. The van der Waals surface area contributed by atoms with Gasteiger partial charge >= 0.3 is 0 Å². The summed E-state index contributed by atoms with van der Waals surface area (Å²) < 4.78 is 0. The van der Waals surface area contributed by atoms with Crippen molar-refractivity contribution in [3.05, 3.63) is 11.8 Å². The quantitative estimate of drug-likeness (QED) is 0.471. The van der Waals surface area contributed by atoms with Crippen LogP contribution in [0.25, 0.3) is 0 Å². The van der Waals surface area contributed by atoms with Crippen LogP contribution >= 0.6 is 0 Å². The molecule has 0 saturated carbocycles. The topological polar surface area (TPSA) is 35.8 Å². The summed E-state index contributed by atoms with van der Waals surface area (Å²) in [5, 5.41) is 11.0. The van der Waals surface area contributed by atoms with Crippen molar-refractivity contribution < 1.29 is 0 Å². The number of hydrogen-bond acceptors (Lipinski definition) is 2. The average Bonchev–Trinajstić information content (AvgIpc) is 1.58. The van der Waals surface area contributed by atoms with Crippen molar-refractivity contribution in [1.29, 1.82) is 5.26 Å². The second-order valence-corrected chi connectivity index (χ2v) is 1.60. The number of rotatable bonds is 0. The fourth-order valence-corrected chi connectivity index (χ4v) is 0.558. The zero-order valence-electron chi connectivity index (χ0n) is 4.10. The first kappa shape index (κ1) is 4.20. The molecule has 1 aliphatic rings. The van der Waals surface area contributed by atoms with Crippen molar-refractivity contribution in [2.45, 2.75) is 13.0 Å². The maximum absolute atomic E-state index is 8.15. The molecule has 1 aliphatic heterocycles. The Morgan fingerprint density at radius 3 is 2.71 bits per heavy atom. The summed E-state index contributed by atoms with van der Waals surface area (Å²) in [6.45, 7) is 1.94. The van der Waals surface area contributed by atoms with E-state index in [2.05, 4.69) is 5.32 Å². The summed E-state index contributed by atoms with van der Waals surface area (Å²) in [6.07, 6.45) is 1.89. The van der Waals surface area contributed by atoms with E-state index < -0.39 is 0 Å². The van der Waals surface area contributed by atoms with Crippen LogP contribution in [-0.4, -0.2) is 6.04 Å². The van der Waals surface area contributed by atoms with Gasteiger partial charge in [-0.3, -0.25) is 0 Å². The highest BCUT2D eigenvalue weighted by molar-refractivity contribution is 5.22. The number of nitrogens with one attached hydrogen (secondary N) is 1. The molecule has 7 heavy (non-hydrogen) atoms. The summed E-state index contributed by atoms with van der Waals surface area (Å²) in [6, 6.07) is 2.03. The molecule has 1 atom stereocenters. The lowest BCUT2D eigenvalue weighted by molar-refractivity contribution is 0.710. The lowest BCUT2D eigenvalue weighted by Crippen LogP contribution is -2.33. The van der Waals surface area contributed by atoms with E-state index in [-0.39, 0.29) is 6.04 Å². The molecular formula is C5H6N2. The van der Waals surface area contributed by atoms with Crippen molar-refractivity contribution in [1.82, 2.24) is 5.32 Å². The van der Waals surface area contributed by atoms with Crippen molar-refractivity contribution in [3.63, 3.8) is 0 Å². The standard InChI is InChI=1S/C5H6N2/c1-4-2-5(3-6)7-4/h2,5,7H,1H3. The number of nitriles is 1. The van der Waals surface area contributed by atoms with E-state index in [1.54, 1.807) is 0 Å². The van der Waals surface area contributed by atoms with Gasteiger partial charge in [0.2, 0.25) is 0 Å². The van der Waals surface area contributed by atoms with E-state index in [1.165, 1.54) is 0 Å². The predicted octanol–water partition coefficient (Wildman–Crippen LogP) is 0.386. The van der Waals surface area contributed by atoms with Gasteiger partial charge < -0.3 is 5.32 Å². The first-order chi connectivity index (χ1) is 3.33. The Labute approximate surface area is 42.4 Å².